The number of ether oxygens (including phenoxy) is 1. The molecule has 108 valence electrons. The predicted octanol–water partition coefficient (Wildman–Crippen LogP) is 4.24. The molecule has 0 fully saturated rings. The molecule has 1 N–H and O–H groups in total. The Morgan fingerprint density at radius 2 is 1.79 bits per heavy atom. The van der Waals surface area contributed by atoms with Crippen molar-refractivity contribution in [3.05, 3.63) is 29.3 Å². The van der Waals surface area contributed by atoms with Crippen molar-refractivity contribution in [2.75, 3.05) is 13.2 Å². The summed E-state index contributed by atoms with van der Waals surface area (Å²) in [4.78, 5) is 0. The van der Waals surface area contributed by atoms with Crippen molar-refractivity contribution in [1.82, 2.24) is 5.32 Å². The van der Waals surface area contributed by atoms with Crippen LogP contribution in [-0.4, -0.2) is 19.2 Å². The third kappa shape index (κ3) is 7.22. The molecule has 0 atom stereocenters. The van der Waals surface area contributed by atoms with Gasteiger partial charge in [-0.15, -0.1) is 0 Å². The number of benzene rings is 1. The smallest absolute Gasteiger partial charge is 0.122 e. The summed E-state index contributed by atoms with van der Waals surface area (Å²) < 4.78 is 5.85. The van der Waals surface area contributed by atoms with Crippen LogP contribution >= 0.6 is 0 Å². The Hall–Kier alpha value is -1.02. The van der Waals surface area contributed by atoms with Crippen LogP contribution < -0.4 is 10.1 Å². The molecule has 0 heterocycles. The molecule has 1 aromatic carbocycles. The Kier molecular flexibility index (Phi) is 7.57. The maximum absolute atomic E-state index is 5.85. The van der Waals surface area contributed by atoms with Gasteiger partial charge in [-0.05, 0) is 50.4 Å². The molecule has 1 rings (SSSR count). The highest BCUT2D eigenvalue weighted by Gasteiger charge is 1.99. The summed E-state index contributed by atoms with van der Waals surface area (Å²) in [5, 5.41) is 3.44. The number of nitrogens with one attached hydrogen (secondary N) is 1. The molecular weight excluding hydrogens is 234 g/mol. The van der Waals surface area contributed by atoms with Crippen molar-refractivity contribution in [2.45, 2.75) is 59.4 Å². The molecule has 1 aromatic rings. The largest absolute Gasteiger partial charge is 0.493 e. The van der Waals surface area contributed by atoms with E-state index in [-0.39, 0.29) is 0 Å². The first-order valence-electron chi connectivity index (χ1n) is 7.53. The minimum absolute atomic E-state index is 0.604. The van der Waals surface area contributed by atoms with Crippen molar-refractivity contribution < 1.29 is 4.74 Å². The van der Waals surface area contributed by atoms with Gasteiger partial charge >= 0.3 is 0 Å². The van der Waals surface area contributed by atoms with Crippen LogP contribution in [0, 0.1) is 13.8 Å². The molecule has 0 bridgehead atoms. The number of hydrogen-bond donors (Lipinski definition) is 1. The van der Waals surface area contributed by atoms with E-state index in [0.717, 1.165) is 25.3 Å². The van der Waals surface area contributed by atoms with Crippen LogP contribution in [0.4, 0.5) is 0 Å². The van der Waals surface area contributed by atoms with Crippen LogP contribution in [0.2, 0.25) is 0 Å². The topological polar surface area (TPSA) is 21.3 Å². The molecule has 0 aliphatic carbocycles. The van der Waals surface area contributed by atoms with E-state index in [2.05, 4.69) is 51.2 Å². The summed E-state index contributed by atoms with van der Waals surface area (Å²) in [6, 6.07) is 6.99. The van der Waals surface area contributed by atoms with Gasteiger partial charge in [0.05, 0.1) is 6.61 Å². The molecule has 0 aromatic heterocycles. The van der Waals surface area contributed by atoms with Crippen LogP contribution in [0.3, 0.4) is 0 Å². The fourth-order valence-corrected chi connectivity index (χ4v) is 2.02. The third-order valence-corrected chi connectivity index (χ3v) is 3.22. The zero-order chi connectivity index (χ0) is 14.1. The SMILES string of the molecule is Cc1ccc(C)c(OCCCCCCNC(C)C)c1. The van der Waals surface area contributed by atoms with Gasteiger partial charge in [0.25, 0.3) is 0 Å². The summed E-state index contributed by atoms with van der Waals surface area (Å²) in [5.41, 5.74) is 2.49. The van der Waals surface area contributed by atoms with E-state index in [9.17, 15) is 0 Å². The molecule has 0 unspecified atom stereocenters. The Balaban J connectivity index is 2.06. The summed E-state index contributed by atoms with van der Waals surface area (Å²) in [7, 11) is 0. The molecule has 0 amide bonds. The molecular formula is C17H29NO. The monoisotopic (exact) mass is 263 g/mol. The maximum Gasteiger partial charge on any atom is 0.122 e. The zero-order valence-electron chi connectivity index (χ0n) is 13.0. The van der Waals surface area contributed by atoms with Crippen molar-refractivity contribution in [3.8, 4) is 5.75 Å². The Bertz CT molecular complexity index is 360. The second-order valence-electron chi connectivity index (χ2n) is 5.64. The van der Waals surface area contributed by atoms with Crippen molar-refractivity contribution in [1.29, 1.82) is 0 Å². The fraction of sp³-hybridized carbons (Fsp3) is 0.647. The predicted molar refractivity (Wildman–Crippen MR) is 83.0 cm³/mol. The van der Waals surface area contributed by atoms with Crippen LogP contribution in [-0.2, 0) is 0 Å². The van der Waals surface area contributed by atoms with Crippen LogP contribution in [0.1, 0.15) is 50.7 Å². The highest BCUT2D eigenvalue weighted by Crippen LogP contribution is 2.19. The Labute approximate surface area is 118 Å². The van der Waals surface area contributed by atoms with E-state index >= 15 is 0 Å². The third-order valence-electron chi connectivity index (χ3n) is 3.22. The van der Waals surface area contributed by atoms with E-state index in [0.29, 0.717) is 6.04 Å². The van der Waals surface area contributed by atoms with Crippen molar-refractivity contribution in [2.24, 2.45) is 0 Å². The van der Waals surface area contributed by atoms with Gasteiger partial charge in [0.1, 0.15) is 5.75 Å². The first-order chi connectivity index (χ1) is 9.09. The lowest BCUT2D eigenvalue weighted by Gasteiger charge is -2.10. The van der Waals surface area contributed by atoms with Crippen LogP contribution in [0.15, 0.2) is 18.2 Å². The van der Waals surface area contributed by atoms with E-state index in [4.69, 9.17) is 4.74 Å². The van der Waals surface area contributed by atoms with Crippen molar-refractivity contribution in [3.63, 3.8) is 0 Å². The van der Waals surface area contributed by atoms with E-state index < -0.39 is 0 Å². The van der Waals surface area contributed by atoms with Crippen molar-refractivity contribution >= 4 is 0 Å². The number of hydrogen-bond acceptors (Lipinski definition) is 2. The number of aryl methyl sites for hydroxylation is 2. The molecule has 19 heavy (non-hydrogen) atoms. The number of rotatable bonds is 9. The normalized spacial score (nSPS) is 11.0. The van der Waals surface area contributed by atoms with Gasteiger partial charge in [-0.25, -0.2) is 0 Å². The molecule has 2 heteroatoms. The molecule has 0 saturated carbocycles. The second-order valence-corrected chi connectivity index (χ2v) is 5.64. The van der Waals surface area contributed by atoms with Gasteiger partial charge in [0, 0.05) is 6.04 Å². The zero-order valence-corrected chi connectivity index (χ0v) is 13.0. The van der Waals surface area contributed by atoms with E-state index in [1.807, 2.05) is 0 Å². The Morgan fingerprint density at radius 1 is 1.05 bits per heavy atom. The van der Waals surface area contributed by atoms with Gasteiger partial charge in [-0.2, -0.15) is 0 Å². The second kappa shape index (κ2) is 8.98. The van der Waals surface area contributed by atoms with E-state index in [1.54, 1.807) is 0 Å². The summed E-state index contributed by atoms with van der Waals surface area (Å²) in [5.74, 6) is 1.04. The lowest BCUT2D eigenvalue weighted by atomic mass is 10.1. The van der Waals surface area contributed by atoms with E-state index in [1.165, 1.54) is 30.4 Å². The fourth-order valence-electron chi connectivity index (χ4n) is 2.02. The minimum Gasteiger partial charge on any atom is -0.493 e. The van der Waals surface area contributed by atoms with Gasteiger partial charge in [-0.3, -0.25) is 0 Å². The molecule has 0 spiro atoms. The highest BCUT2D eigenvalue weighted by atomic mass is 16.5. The molecule has 0 aliphatic rings. The highest BCUT2D eigenvalue weighted by molar-refractivity contribution is 5.35. The molecule has 0 aliphatic heterocycles. The average molecular weight is 263 g/mol. The van der Waals surface area contributed by atoms with Crippen LogP contribution in [0.5, 0.6) is 5.75 Å². The summed E-state index contributed by atoms with van der Waals surface area (Å²) in [6.07, 6.45) is 4.96. The number of unbranched alkanes of at least 4 members (excludes halogenated alkanes) is 3. The first-order valence-corrected chi connectivity index (χ1v) is 7.53. The standard InChI is InChI=1S/C17H29NO/c1-14(2)18-11-7-5-6-8-12-19-17-13-15(3)9-10-16(17)4/h9-10,13-14,18H,5-8,11-12H2,1-4H3. The summed E-state index contributed by atoms with van der Waals surface area (Å²) >= 11 is 0. The summed E-state index contributed by atoms with van der Waals surface area (Å²) in [6.45, 7) is 10.6. The molecule has 0 radical (unpaired) electrons. The van der Waals surface area contributed by atoms with Gasteiger partial charge in [0.15, 0.2) is 0 Å². The van der Waals surface area contributed by atoms with Gasteiger partial charge < -0.3 is 10.1 Å². The molecule has 0 saturated heterocycles. The molecule has 2 nitrogen and oxygen atoms in total. The van der Waals surface area contributed by atoms with Gasteiger partial charge in [-0.1, -0.05) is 38.8 Å². The quantitative estimate of drug-likeness (QED) is 0.673. The lowest BCUT2D eigenvalue weighted by molar-refractivity contribution is 0.302. The van der Waals surface area contributed by atoms with Crippen LogP contribution in [0.25, 0.3) is 0 Å². The maximum atomic E-state index is 5.85. The lowest BCUT2D eigenvalue weighted by Crippen LogP contribution is -2.23. The average Bonchev–Trinajstić information content (AvgIpc) is 2.36. The Morgan fingerprint density at radius 3 is 2.53 bits per heavy atom. The minimum atomic E-state index is 0.604. The first kappa shape index (κ1) is 16.0. The van der Waals surface area contributed by atoms with Gasteiger partial charge in [0.2, 0.25) is 0 Å².